The maximum Gasteiger partial charge on any atom is 0.327 e. The number of ether oxygens (including phenoxy) is 1. The van der Waals surface area contributed by atoms with Gasteiger partial charge in [0, 0.05) is 25.5 Å². The lowest BCUT2D eigenvalue weighted by Crippen LogP contribution is -2.49. The van der Waals surface area contributed by atoms with Gasteiger partial charge < -0.3 is 24.3 Å². The lowest BCUT2D eigenvalue weighted by Gasteiger charge is -2.35. The van der Waals surface area contributed by atoms with Gasteiger partial charge in [0.25, 0.3) is 11.8 Å². The molecule has 0 radical (unpaired) electrons. The molecule has 2 aromatic rings. The van der Waals surface area contributed by atoms with Crippen molar-refractivity contribution in [3.8, 4) is 0 Å². The minimum atomic E-state index is -0.852. The average Bonchev–Trinajstić information content (AvgIpc) is 3.31. The Morgan fingerprint density at radius 2 is 1.76 bits per heavy atom. The molecule has 1 aliphatic carbocycles. The number of amides is 5. The highest BCUT2D eigenvalue weighted by Crippen LogP contribution is 2.39. The second kappa shape index (κ2) is 8.75. The summed E-state index contributed by atoms with van der Waals surface area (Å²) < 4.78 is 11.2. The number of anilines is 1. The fourth-order valence-electron chi connectivity index (χ4n) is 5.22. The highest BCUT2D eigenvalue weighted by molar-refractivity contribution is 6.13. The van der Waals surface area contributed by atoms with Crippen molar-refractivity contribution in [2.24, 2.45) is 0 Å². The van der Waals surface area contributed by atoms with Crippen LogP contribution in [-0.2, 0) is 14.3 Å². The van der Waals surface area contributed by atoms with E-state index in [2.05, 4.69) is 5.32 Å². The number of likely N-dealkylation sites (N-methyl/N-ethyl adjacent to an activating group) is 1. The van der Waals surface area contributed by atoms with Gasteiger partial charge in [-0.1, -0.05) is 31.4 Å². The maximum absolute atomic E-state index is 13.2. The molecule has 1 spiro atoms. The molecule has 0 bridgehead atoms. The summed E-state index contributed by atoms with van der Waals surface area (Å²) in [5, 5.41) is 3.33. The third kappa shape index (κ3) is 3.62. The van der Waals surface area contributed by atoms with Crippen LogP contribution in [0.1, 0.15) is 42.7 Å². The van der Waals surface area contributed by atoms with Crippen molar-refractivity contribution >= 4 is 40.4 Å². The van der Waals surface area contributed by atoms with E-state index >= 15 is 0 Å². The van der Waals surface area contributed by atoms with Gasteiger partial charge in [-0.3, -0.25) is 19.3 Å². The molecule has 5 amide bonds. The first-order valence-corrected chi connectivity index (χ1v) is 11.7. The number of furan rings is 1. The Morgan fingerprint density at radius 1 is 1.06 bits per heavy atom. The fourth-order valence-corrected chi connectivity index (χ4v) is 5.22. The first-order valence-electron chi connectivity index (χ1n) is 11.7. The van der Waals surface area contributed by atoms with Crippen molar-refractivity contribution < 1.29 is 28.3 Å². The molecule has 0 unspecified atom stereocenters. The Balaban J connectivity index is 1.39. The molecule has 1 aromatic carbocycles. The van der Waals surface area contributed by atoms with E-state index in [1.165, 1.54) is 4.90 Å². The molecule has 3 aliphatic rings. The van der Waals surface area contributed by atoms with Crippen LogP contribution in [0.4, 0.5) is 10.5 Å². The number of hydrogen-bond donors (Lipinski definition) is 1. The molecule has 1 saturated carbocycles. The van der Waals surface area contributed by atoms with E-state index in [0.717, 1.165) is 24.2 Å². The lowest BCUT2D eigenvalue weighted by atomic mass is 9.81. The Bertz CT molecular complexity index is 1150. The topological polar surface area (TPSA) is 112 Å². The fraction of sp³-hybridized carbons (Fsp3) is 0.500. The van der Waals surface area contributed by atoms with E-state index in [4.69, 9.17) is 9.15 Å². The van der Waals surface area contributed by atoms with Crippen LogP contribution in [0.15, 0.2) is 28.7 Å². The summed E-state index contributed by atoms with van der Waals surface area (Å²) in [5.74, 6) is -1.21. The molecule has 10 nitrogen and oxygen atoms in total. The molecule has 10 heteroatoms. The Kier molecular flexibility index (Phi) is 5.76. The molecule has 1 aromatic heterocycles. The van der Waals surface area contributed by atoms with Gasteiger partial charge in [0.05, 0.1) is 13.2 Å². The van der Waals surface area contributed by atoms with E-state index in [1.54, 1.807) is 36.2 Å². The molecule has 0 atom stereocenters. The van der Waals surface area contributed by atoms with Crippen LogP contribution in [-0.4, -0.2) is 83.9 Å². The second-order valence-corrected chi connectivity index (χ2v) is 9.08. The number of carbonyl (C=O) groups excluding carboxylic acids is 4. The number of fused-ring (bicyclic) bond motifs is 1. The molecule has 180 valence electrons. The Labute approximate surface area is 196 Å². The second-order valence-electron chi connectivity index (χ2n) is 9.08. The van der Waals surface area contributed by atoms with E-state index in [1.807, 2.05) is 0 Å². The van der Waals surface area contributed by atoms with E-state index < -0.39 is 24.0 Å². The van der Waals surface area contributed by atoms with Gasteiger partial charge >= 0.3 is 6.03 Å². The SMILES string of the molecule is CN1C(=O)N(CC(=O)Nc2c(C(=O)N3CCOCC3)oc3ccccc23)C(=O)C12CCCCC2. The number of nitrogens with zero attached hydrogens (tertiary/aromatic N) is 3. The van der Waals surface area contributed by atoms with Gasteiger partial charge in [-0.15, -0.1) is 0 Å². The van der Waals surface area contributed by atoms with Crippen LogP contribution in [0, 0.1) is 0 Å². The Morgan fingerprint density at radius 3 is 2.50 bits per heavy atom. The van der Waals surface area contributed by atoms with Gasteiger partial charge in [-0.05, 0) is 25.0 Å². The molecule has 34 heavy (non-hydrogen) atoms. The van der Waals surface area contributed by atoms with Crippen molar-refractivity contribution in [2.45, 2.75) is 37.6 Å². The van der Waals surface area contributed by atoms with E-state index in [9.17, 15) is 19.2 Å². The summed E-state index contributed by atoms with van der Waals surface area (Å²) in [4.78, 5) is 56.5. The van der Waals surface area contributed by atoms with Crippen LogP contribution >= 0.6 is 0 Å². The van der Waals surface area contributed by atoms with Crippen molar-refractivity contribution in [1.29, 1.82) is 0 Å². The van der Waals surface area contributed by atoms with Crippen LogP contribution in [0.25, 0.3) is 11.0 Å². The number of hydrogen-bond acceptors (Lipinski definition) is 6. The lowest BCUT2D eigenvalue weighted by molar-refractivity contribution is -0.136. The van der Waals surface area contributed by atoms with Gasteiger partial charge in [0.2, 0.25) is 11.7 Å². The van der Waals surface area contributed by atoms with E-state index in [0.29, 0.717) is 50.1 Å². The third-order valence-corrected chi connectivity index (χ3v) is 7.14. The highest BCUT2D eigenvalue weighted by atomic mass is 16.5. The summed E-state index contributed by atoms with van der Waals surface area (Å²) in [6.45, 7) is 1.29. The molecule has 5 rings (SSSR count). The highest BCUT2D eigenvalue weighted by Gasteiger charge is 2.55. The summed E-state index contributed by atoms with van der Waals surface area (Å²) in [7, 11) is 1.63. The Hall–Kier alpha value is -3.40. The van der Waals surface area contributed by atoms with Gasteiger partial charge in [0.1, 0.15) is 23.4 Å². The minimum Gasteiger partial charge on any atom is -0.449 e. The molecule has 2 aliphatic heterocycles. The van der Waals surface area contributed by atoms with Crippen molar-refractivity contribution in [3.05, 3.63) is 30.0 Å². The maximum atomic E-state index is 13.2. The summed E-state index contributed by atoms with van der Waals surface area (Å²) in [5.41, 5.74) is -0.143. The van der Waals surface area contributed by atoms with Gasteiger partial charge in [-0.2, -0.15) is 0 Å². The number of morpholine rings is 1. The molecule has 3 heterocycles. The number of urea groups is 1. The normalized spacial score (nSPS) is 20.4. The zero-order chi connectivity index (χ0) is 23.9. The van der Waals surface area contributed by atoms with Crippen molar-refractivity contribution in [1.82, 2.24) is 14.7 Å². The van der Waals surface area contributed by atoms with Crippen LogP contribution in [0.2, 0.25) is 0 Å². The number of carbonyl (C=O) groups is 4. The van der Waals surface area contributed by atoms with Crippen molar-refractivity contribution in [3.63, 3.8) is 0 Å². The first-order chi connectivity index (χ1) is 16.4. The summed E-state index contributed by atoms with van der Waals surface area (Å²) in [6.07, 6.45) is 3.99. The van der Waals surface area contributed by atoms with Crippen LogP contribution in [0.3, 0.4) is 0 Å². The van der Waals surface area contributed by atoms with Gasteiger partial charge in [0.15, 0.2) is 0 Å². The predicted molar refractivity (Wildman–Crippen MR) is 122 cm³/mol. The average molecular weight is 469 g/mol. The number of nitrogens with one attached hydrogen (secondary N) is 1. The molecule has 2 saturated heterocycles. The minimum absolute atomic E-state index is 0.0244. The molecular formula is C24H28N4O6. The predicted octanol–water partition coefficient (Wildman–Crippen LogP) is 2.44. The summed E-state index contributed by atoms with van der Waals surface area (Å²) >= 11 is 0. The molecule has 3 fully saturated rings. The van der Waals surface area contributed by atoms with Crippen molar-refractivity contribution in [2.75, 3.05) is 45.2 Å². The van der Waals surface area contributed by atoms with Gasteiger partial charge in [-0.25, -0.2) is 4.79 Å². The number of benzene rings is 1. The number of imide groups is 1. The number of rotatable bonds is 4. The molecule has 1 N–H and O–H groups in total. The quantitative estimate of drug-likeness (QED) is 0.690. The standard InChI is InChI=1S/C24H28N4O6/c1-26-23(32)28(22(31)24(26)9-5-2-6-10-24)15-18(29)25-19-16-7-3-4-8-17(16)34-20(19)21(30)27-11-13-33-14-12-27/h3-4,7-8H,2,5-6,9-15H2,1H3,(H,25,29). The number of para-hydroxylation sites is 1. The molecular weight excluding hydrogens is 440 g/mol. The van der Waals surface area contributed by atoms with Crippen LogP contribution < -0.4 is 5.32 Å². The van der Waals surface area contributed by atoms with E-state index in [-0.39, 0.29) is 23.3 Å². The zero-order valence-electron chi connectivity index (χ0n) is 19.2. The first kappa shape index (κ1) is 22.4. The zero-order valence-corrected chi connectivity index (χ0v) is 19.2. The third-order valence-electron chi connectivity index (χ3n) is 7.14. The van der Waals surface area contributed by atoms with Crippen LogP contribution in [0.5, 0.6) is 0 Å². The largest absolute Gasteiger partial charge is 0.449 e. The smallest absolute Gasteiger partial charge is 0.327 e. The monoisotopic (exact) mass is 468 g/mol. The summed E-state index contributed by atoms with van der Waals surface area (Å²) in [6, 6.07) is 6.56.